The average Bonchev–Trinajstić information content (AvgIpc) is 2.71. The number of methoxy groups -OCH3 is 2. The number of benzene rings is 2. The fraction of sp³-hybridized carbons (Fsp3) is 0.158. The minimum absolute atomic E-state index is 0.0962. The van der Waals surface area contributed by atoms with Crippen LogP contribution in [0.4, 0.5) is 41.9 Å². The van der Waals surface area contributed by atoms with Gasteiger partial charge in [-0.1, -0.05) is 11.6 Å². The van der Waals surface area contributed by atoms with Crippen LogP contribution in [0.3, 0.4) is 0 Å². The molecule has 4 N–H and O–H groups in total. The minimum atomic E-state index is -4.59. The van der Waals surface area contributed by atoms with E-state index in [-0.39, 0.29) is 23.0 Å². The van der Waals surface area contributed by atoms with Crippen LogP contribution in [0.15, 0.2) is 42.7 Å². The number of ether oxygens (including phenoxy) is 2. The topological polar surface area (TPSA) is 94.3 Å². The number of nitrogens with zero attached hydrogens (tertiary/aromatic N) is 2. The molecule has 0 fully saturated rings. The molecule has 3 rings (SSSR count). The van der Waals surface area contributed by atoms with E-state index in [1.807, 2.05) is 0 Å². The molecule has 0 aliphatic heterocycles. The van der Waals surface area contributed by atoms with Gasteiger partial charge in [-0.25, -0.2) is 9.97 Å². The first-order chi connectivity index (χ1) is 14.2. The summed E-state index contributed by atoms with van der Waals surface area (Å²) in [5, 5.41) is 5.37. The largest absolute Gasteiger partial charge is 0.497 e. The van der Waals surface area contributed by atoms with Gasteiger partial charge in [-0.3, -0.25) is 0 Å². The SMILES string of the molecule is COc1ccc(Nc2ncnc(Nc3ccc(Cl)c(C(F)(F)F)c3)c2N)c(OC)c1. The molecule has 11 heteroatoms. The van der Waals surface area contributed by atoms with E-state index in [2.05, 4.69) is 20.6 Å². The molecule has 0 saturated carbocycles. The quantitative estimate of drug-likeness (QED) is 0.483. The lowest BCUT2D eigenvalue weighted by Crippen LogP contribution is -2.08. The van der Waals surface area contributed by atoms with Gasteiger partial charge in [0.2, 0.25) is 0 Å². The molecule has 1 aromatic heterocycles. The van der Waals surface area contributed by atoms with Crippen molar-refractivity contribution in [2.45, 2.75) is 6.18 Å². The first-order valence-corrected chi connectivity index (χ1v) is 8.84. The third-order valence-electron chi connectivity index (χ3n) is 4.08. The summed E-state index contributed by atoms with van der Waals surface area (Å²) >= 11 is 5.65. The van der Waals surface area contributed by atoms with Crippen molar-refractivity contribution in [2.75, 3.05) is 30.6 Å². The Labute approximate surface area is 175 Å². The zero-order valence-electron chi connectivity index (χ0n) is 15.8. The van der Waals surface area contributed by atoms with Crippen LogP contribution >= 0.6 is 11.6 Å². The van der Waals surface area contributed by atoms with Gasteiger partial charge in [-0.05, 0) is 30.3 Å². The lowest BCUT2D eigenvalue weighted by atomic mass is 10.2. The molecule has 3 aromatic rings. The predicted molar refractivity (Wildman–Crippen MR) is 109 cm³/mol. The summed E-state index contributed by atoms with van der Waals surface area (Å²) in [6.07, 6.45) is -3.37. The molecular formula is C19H17ClF3N5O2. The molecule has 158 valence electrons. The fourth-order valence-electron chi connectivity index (χ4n) is 2.58. The maximum absolute atomic E-state index is 13.1. The number of aromatic nitrogens is 2. The number of nitrogens with two attached hydrogens (primary N) is 1. The van der Waals surface area contributed by atoms with Gasteiger partial charge in [0.15, 0.2) is 11.6 Å². The zero-order valence-corrected chi connectivity index (χ0v) is 16.6. The number of nitrogen functional groups attached to an aromatic ring is 1. The van der Waals surface area contributed by atoms with Crippen molar-refractivity contribution in [3.63, 3.8) is 0 Å². The van der Waals surface area contributed by atoms with Crippen molar-refractivity contribution in [3.05, 3.63) is 53.3 Å². The van der Waals surface area contributed by atoms with Crippen LogP contribution in [-0.2, 0) is 6.18 Å². The molecule has 0 bridgehead atoms. The Morgan fingerprint density at radius 1 is 0.967 bits per heavy atom. The van der Waals surface area contributed by atoms with Crippen LogP contribution in [0.5, 0.6) is 11.5 Å². The normalized spacial score (nSPS) is 11.1. The van der Waals surface area contributed by atoms with E-state index in [9.17, 15) is 13.2 Å². The van der Waals surface area contributed by atoms with Gasteiger partial charge < -0.3 is 25.8 Å². The number of rotatable bonds is 6. The van der Waals surface area contributed by atoms with Crippen LogP contribution in [0.2, 0.25) is 5.02 Å². The Morgan fingerprint density at radius 3 is 2.30 bits per heavy atom. The van der Waals surface area contributed by atoms with Crippen LogP contribution < -0.4 is 25.8 Å². The van der Waals surface area contributed by atoms with Crippen molar-refractivity contribution < 1.29 is 22.6 Å². The number of hydrogen-bond acceptors (Lipinski definition) is 7. The van der Waals surface area contributed by atoms with E-state index in [1.54, 1.807) is 18.2 Å². The van der Waals surface area contributed by atoms with Crippen LogP contribution in [0, 0.1) is 0 Å². The van der Waals surface area contributed by atoms with Gasteiger partial charge in [-0.15, -0.1) is 0 Å². The van der Waals surface area contributed by atoms with Crippen LogP contribution in [0.1, 0.15) is 5.56 Å². The highest BCUT2D eigenvalue weighted by Gasteiger charge is 2.33. The highest BCUT2D eigenvalue weighted by molar-refractivity contribution is 6.31. The number of halogens is 4. The van der Waals surface area contributed by atoms with Crippen molar-refractivity contribution in [3.8, 4) is 11.5 Å². The zero-order chi connectivity index (χ0) is 21.9. The maximum atomic E-state index is 13.1. The van der Waals surface area contributed by atoms with E-state index < -0.39 is 16.8 Å². The Kier molecular flexibility index (Phi) is 6.06. The number of hydrogen-bond donors (Lipinski definition) is 3. The minimum Gasteiger partial charge on any atom is -0.497 e. The molecular weight excluding hydrogens is 423 g/mol. The van der Waals surface area contributed by atoms with Gasteiger partial charge >= 0.3 is 6.18 Å². The number of nitrogens with one attached hydrogen (secondary N) is 2. The van der Waals surface area contributed by atoms with Gasteiger partial charge in [0, 0.05) is 11.8 Å². The standard InChI is InChI=1S/C19H17ClF3N5O2/c1-29-11-4-6-14(15(8-11)30-2)28-18-16(24)17(25-9-26-18)27-10-3-5-13(20)12(7-10)19(21,22)23/h3-9H,24H2,1-2H3,(H2,25,26,27,28). The number of anilines is 5. The second-order valence-corrected chi connectivity index (χ2v) is 6.40. The van der Waals surface area contributed by atoms with Crippen LogP contribution in [-0.4, -0.2) is 24.2 Å². The summed E-state index contributed by atoms with van der Waals surface area (Å²) in [6.45, 7) is 0. The van der Waals surface area contributed by atoms with Crippen molar-refractivity contribution in [1.29, 1.82) is 0 Å². The smallest absolute Gasteiger partial charge is 0.417 e. The summed E-state index contributed by atoms with van der Waals surface area (Å²) < 4.78 is 49.7. The summed E-state index contributed by atoms with van der Waals surface area (Å²) in [5.41, 5.74) is 5.92. The summed E-state index contributed by atoms with van der Waals surface area (Å²) in [6, 6.07) is 8.51. The molecule has 30 heavy (non-hydrogen) atoms. The Bertz CT molecular complexity index is 1060. The van der Waals surface area contributed by atoms with Gasteiger partial charge in [-0.2, -0.15) is 13.2 Å². The Hall–Kier alpha value is -3.40. The fourth-order valence-corrected chi connectivity index (χ4v) is 2.81. The van der Waals surface area contributed by atoms with Crippen LogP contribution in [0.25, 0.3) is 0 Å². The molecule has 0 spiro atoms. The second kappa shape index (κ2) is 8.54. The molecule has 0 aliphatic rings. The summed E-state index contributed by atoms with van der Waals surface area (Å²) in [5.74, 6) is 1.43. The Morgan fingerprint density at radius 2 is 1.67 bits per heavy atom. The van der Waals surface area contributed by atoms with Gasteiger partial charge in [0.25, 0.3) is 0 Å². The lowest BCUT2D eigenvalue weighted by Gasteiger charge is -2.16. The highest BCUT2D eigenvalue weighted by Crippen LogP contribution is 2.38. The molecule has 2 aromatic carbocycles. The lowest BCUT2D eigenvalue weighted by molar-refractivity contribution is -0.137. The van der Waals surface area contributed by atoms with E-state index in [0.717, 1.165) is 12.1 Å². The first-order valence-electron chi connectivity index (χ1n) is 8.46. The third-order valence-corrected chi connectivity index (χ3v) is 4.41. The van der Waals surface area contributed by atoms with E-state index in [1.165, 1.54) is 26.6 Å². The molecule has 1 heterocycles. The molecule has 0 unspecified atom stereocenters. The molecule has 7 nitrogen and oxygen atoms in total. The average molecular weight is 440 g/mol. The second-order valence-electron chi connectivity index (χ2n) is 5.99. The molecule has 0 aliphatic carbocycles. The highest BCUT2D eigenvalue weighted by atomic mass is 35.5. The van der Waals surface area contributed by atoms with Crippen molar-refractivity contribution in [2.24, 2.45) is 0 Å². The van der Waals surface area contributed by atoms with E-state index in [4.69, 9.17) is 26.8 Å². The van der Waals surface area contributed by atoms with Crippen molar-refractivity contribution in [1.82, 2.24) is 9.97 Å². The summed E-state index contributed by atoms with van der Waals surface area (Å²) in [4.78, 5) is 8.10. The van der Waals surface area contributed by atoms with Crippen molar-refractivity contribution >= 4 is 40.3 Å². The monoisotopic (exact) mass is 439 g/mol. The number of alkyl halides is 3. The third kappa shape index (κ3) is 4.60. The van der Waals surface area contributed by atoms with Gasteiger partial charge in [0.1, 0.15) is 23.5 Å². The molecule has 0 saturated heterocycles. The van der Waals surface area contributed by atoms with E-state index >= 15 is 0 Å². The first kappa shape index (κ1) is 21.3. The molecule has 0 amide bonds. The molecule has 0 radical (unpaired) electrons. The van der Waals surface area contributed by atoms with Gasteiger partial charge in [0.05, 0.1) is 30.5 Å². The maximum Gasteiger partial charge on any atom is 0.417 e. The predicted octanol–water partition coefficient (Wildman–Crippen LogP) is 5.24. The van der Waals surface area contributed by atoms with E-state index in [0.29, 0.717) is 17.2 Å². The molecule has 0 atom stereocenters. The summed E-state index contributed by atoms with van der Waals surface area (Å²) in [7, 11) is 3.03. The Balaban J connectivity index is 1.90.